The van der Waals surface area contributed by atoms with Gasteiger partial charge in [-0.2, -0.15) is 0 Å². The molecule has 0 saturated carbocycles. The maximum absolute atomic E-state index is 11.8. The van der Waals surface area contributed by atoms with Gasteiger partial charge in [0.2, 0.25) is 0 Å². The summed E-state index contributed by atoms with van der Waals surface area (Å²) < 4.78 is 9.71. The molecule has 0 fully saturated rings. The monoisotopic (exact) mass is 439 g/mol. The second-order valence-corrected chi connectivity index (χ2v) is 6.26. The maximum Gasteiger partial charge on any atom is 0.360 e. The van der Waals surface area contributed by atoms with E-state index in [0.29, 0.717) is 30.4 Å². The Bertz CT molecular complexity index is 1060. The minimum atomic E-state index is -0.531. The molecule has 0 aliphatic heterocycles. The highest BCUT2D eigenvalue weighted by Gasteiger charge is 2.16. The first-order valence-electron chi connectivity index (χ1n) is 9.79. The van der Waals surface area contributed by atoms with Crippen molar-refractivity contribution in [3.8, 4) is 0 Å². The molecule has 0 aliphatic rings. The molecular weight excluding hydrogens is 414 g/mol. The normalized spacial score (nSPS) is 9.88. The third-order valence-electron chi connectivity index (χ3n) is 3.68. The summed E-state index contributed by atoms with van der Waals surface area (Å²) in [5.74, 6) is -0.567. The average molecular weight is 439 g/mol. The minimum absolute atomic E-state index is 0.0850. The van der Waals surface area contributed by atoms with Gasteiger partial charge in [0.1, 0.15) is 0 Å². The van der Waals surface area contributed by atoms with Crippen LogP contribution in [0.15, 0.2) is 36.9 Å². The summed E-state index contributed by atoms with van der Waals surface area (Å²) in [5, 5.41) is 3.00. The number of ether oxygens (including phenoxy) is 2. The third kappa shape index (κ3) is 6.97. The van der Waals surface area contributed by atoms with Crippen molar-refractivity contribution in [3.05, 3.63) is 59.7 Å². The molecule has 0 saturated heterocycles. The number of pyridine rings is 1. The van der Waals surface area contributed by atoms with Crippen LogP contribution in [0.4, 0.5) is 17.3 Å². The third-order valence-corrected chi connectivity index (χ3v) is 3.68. The minimum Gasteiger partial charge on any atom is -0.461 e. The number of carbonyl (C=O) groups excluding carboxylic acids is 2. The number of hydrogen-bond donors (Lipinski definition) is 2. The number of nitrogens with one attached hydrogen (secondary N) is 1. The van der Waals surface area contributed by atoms with Gasteiger partial charge in [0.15, 0.2) is 23.0 Å². The van der Waals surface area contributed by atoms with Gasteiger partial charge in [-0.15, -0.1) is 0 Å². The predicted octanol–water partition coefficient (Wildman–Crippen LogP) is 2.64. The molecule has 3 aromatic rings. The Kier molecular flexibility index (Phi) is 8.96. The number of nitrogens with two attached hydrogens (primary N) is 1. The molecule has 0 bridgehead atoms. The summed E-state index contributed by atoms with van der Waals surface area (Å²) in [6.07, 6.45) is 6.38. The molecule has 3 N–H and O–H groups in total. The molecule has 11 nitrogen and oxygen atoms in total. The van der Waals surface area contributed by atoms with Crippen LogP contribution < -0.4 is 11.1 Å². The van der Waals surface area contributed by atoms with E-state index in [1.54, 1.807) is 52.4 Å². The van der Waals surface area contributed by atoms with Crippen molar-refractivity contribution in [1.82, 2.24) is 24.9 Å². The summed E-state index contributed by atoms with van der Waals surface area (Å²) in [6, 6.07) is 3.61. The molecule has 168 valence electrons. The Morgan fingerprint density at radius 1 is 0.938 bits per heavy atom. The van der Waals surface area contributed by atoms with Crippen molar-refractivity contribution < 1.29 is 19.1 Å². The Hall–Kier alpha value is -4.15. The van der Waals surface area contributed by atoms with Crippen molar-refractivity contribution in [2.75, 3.05) is 24.3 Å². The van der Waals surface area contributed by atoms with Crippen LogP contribution >= 0.6 is 0 Å². The molecule has 0 radical (unpaired) electrons. The molecule has 0 aliphatic carbocycles. The smallest absolute Gasteiger partial charge is 0.360 e. The number of nitrogens with zero attached hydrogens (tertiary/aromatic N) is 5. The zero-order chi connectivity index (χ0) is 23.5. The van der Waals surface area contributed by atoms with Crippen LogP contribution in [0.1, 0.15) is 46.2 Å². The van der Waals surface area contributed by atoms with E-state index < -0.39 is 11.9 Å². The Balaban J connectivity index is 0.000000244. The molecule has 11 heteroatoms. The van der Waals surface area contributed by atoms with Gasteiger partial charge in [-0.1, -0.05) is 0 Å². The number of rotatable bonds is 6. The van der Waals surface area contributed by atoms with Gasteiger partial charge < -0.3 is 20.5 Å². The quantitative estimate of drug-likeness (QED) is 0.544. The maximum atomic E-state index is 11.8. The van der Waals surface area contributed by atoms with Crippen LogP contribution in [-0.4, -0.2) is 50.1 Å². The largest absolute Gasteiger partial charge is 0.461 e. The summed E-state index contributed by atoms with van der Waals surface area (Å²) in [5.41, 5.74) is 7.72. The Morgan fingerprint density at radius 2 is 1.53 bits per heavy atom. The van der Waals surface area contributed by atoms with Crippen molar-refractivity contribution in [3.63, 3.8) is 0 Å². The number of carbonyl (C=O) groups is 2. The lowest BCUT2D eigenvalue weighted by Gasteiger charge is -2.09. The molecular formula is C21H25N7O4. The standard InChI is InChI=1S/C13H14N4O2.C8H11N3O2/c1-3-19-13(18)11-12(15-7-9(2)16-11)17-10-5-4-6-14-8-10;1-3-13-8(12)6-7(9)10-4-5(2)11-6/h4-8H,3H2,1-2H3,(H,15,17);4H,3H2,1-2H3,(H2,9,10). The molecule has 0 amide bonds. The molecule has 3 aromatic heterocycles. The van der Waals surface area contributed by atoms with Gasteiger partial charge in [-0.05, 0) is 39.8 Å². The highest BCUT2D eigenvalue weighted by atomic mass is 16.5. The van der Waals surface area contributed by atoms with Gasteiger partial charge in [-0.25, -0.2) is 29.5 Å². The van der Waals surface area contributed by atoms with Crippen LogP contribution in [0.25, 0.3) is 0 Å². The fraction of sp³-hybridized carbons (Fsp3) is 0.286. The molecule has 3 heterocycles. The van der Waals surface area contributed by atoms with Crippen LogP contribution in [-0.2, 0) is 9.47 Å². The van der Waals surface area contributed by atoms with Crippen LogP contribution in [0.5, 0.6) is 0 Å². The van der Waals surface area contributed by atoms with Crippen LogP contribution in [0.3, 0.4) is 0 Å². The first-order chi connectivity index (χ1) is 15.3. The fourth-order valence-corrected chi connectivity index (χ4v) is 2.32. The lowest BCUT2D eigenvalue weighted by Crippen LogP contribution is -2.12. The van der Waals surface area contributed by atoms with Gasteiger partial charge >= 0.3 is 11.9 Å². The van der Waals surface area contributed by atoms with Crippen LogP contribution in [0, 0.1) is 13.8 Å². The topological polar surface area (TPSA) is 155 Å². The van der Waals surface area contributed by atoms with Gasteiger partial charge in [-0.3, -0.25) is 4.98 Å². The van der Waals surface area contributed by atoms with Crippen molar-refractivity contribution in [1.29, 1.82) is 0 Å². The van der Waals surface area contributed by atoms with Gasteiger partial charge in [0, 0.05) is 6.20 Å². The Morgan fingerprint density at radius 3 is 2.12 bits per heavy atom. The first-order valence-corrected chi connectivity index (χ1v) is 9.79. The lowest BCUT2D eigenvalue weighted by atomic mass is 10.3. The molecule has 0 spiro atoms. The van der Waals surface area contributed by atoms with E-state index in [1.165, 1.54) is 6.20 Å². The van der Waals surface area contributed by atoms with Crippen molar-refractivity contribution in [2.24, 2.45) is 0 Å². The fourth-order valence-electron chi connectivity index (χ4n) is 2.32. The number of aromatic nitrogens is 5. The van der Waals surface area contributed by atoms with E-state index in [4.69, 9.17) is 15.2 Å². The van der Waals surface area contributed by atoms with E-state index in [0.717, 1.165) is 5.69 Å². The summed E-state index contributed by atoms with van der Waals surface area (Å²) in [6.45, 7) is 7.56. The second kappa shape index (κ2) is 11.9. The van der Waals surface area contributed by atoms with E-state index in [1.807, 2.05) is 6.07 Å². The van der Waals surface area contributed by atoms with E-state index in [-0.39, 0.29) is 17.2 Å². The predicted molar refractivity (Wildman–Crippen MR) is 117 cm³/mol. The summed E-state index contributed by atoms with van der Waals surface area (Å²) in [4.78, 5) is 43.1. The zero-order valence-electron chi connectivity index (χ0n) is 18.3. The average Bonchev–Trinajstić information content (AvgIpc) is 2.78. The number of nitrogen functional groups attached to an aromatic ring is 1. The summed E-state index contributed by atoms with van der Waals surface area (Å²) in [7, 11) is 0. The Labute approximate surface area is 185 Å². The van der Waals surface area contributed by atoms with E-state index in [2.05, 4.69) is 30.2 Å². The number of anilines is 3. The highest BCUT2D eigenvalue weighted by Crippen LogP contribution is 2.17. The van der Waals surface area contributed by atoms with Gasteiger partial charge in [0.25, 0.3) is 0 Å². The lowest BCUT2D eigenvalue weighted by molar-refractivity contribution is 0.0510. The van der Waals surface area contributed by atoms with E-state index in [9.17, 15) is 9.59 Å². The van der Waals surface area contributed by atoms with Gasteiger partial charge in [0.05, 0.1) is 48.9 Å². The second-order valence-electron chi connectivity index (χ2n) is 6.26. The van der Waals surface area contributed by atoms with Crippen molar-refractivity contribution in [2.45, 2.75) is 27.7 Å². The zero-order valence-corrected chi connectivity index (χ0v) is 18.3. The van der Waals surface area contributed by atoms with E-state index >= 15 is 0 Å². The molecule has 0 aromatic carbocycles. The summed E-state index contributed by atoms with van der Waals surface area (Å²) >= 11 is 0. The molecule has 32 heavy (non-hydrogen) atoms. The highest BCUT2D eigenvalue weighted by molar-refractivity contribution is 5.93. The molecule has 0 unspecified atom stereocenters. The molecule has 3 rings (SSSR count). The van der Waals surface area contributed by atoms with Crippen LogP contribution in [0.2, 0.25) is 0 Å². The number of aryl methyl sites for hydroxylation is 2. The first kappa shape index (κ1) is 24.1. The SMILES string of the molecule is CCOC(=O)c1nc(C)cnc1N.CCOC(=O)c1nc(C)cnc1Nc1cccnc1. The number of esters is 2. The molecule has 0 atom stereocenters. The van der Waals surface area contributed by atoms with Crippen molar-refractivity contribution >= 4 is 29.3 Å². The number of hydrogen-bond acceptors (Lipinski definition) is 11.